The molecule has 4 nitrogen and oxygen atoms in total. The van der Waals surface area contributed by atoms with Gasteiger partial charge >= 0.3 is 0 Å². The Morgan fingerprint density at radius 2 is 1.90 bits per heavy atom. The summed E-state index contributed by atoms with van der Waals surface area (Å²) in [5.74, 6) is 0.733. The van der Waals surface area contributed by atoms with Crippen LogP contribution in [0.3, 0.4) is 0 Å². The molecular formula is C16H18ClN3O. The highest BCUT2D eigenvalue weighted by Gasteiger charge is 2.36. The highest BCUT2D eigenvalue weighted by atomic mass is 35.5. The van der Waals surface area contributed by atoms with E-state index in [0.29, 0.717) is 31.0 Å². The predicted octanol–water partition coefficient (Wildman–Crippen LogP) is 2.93. The number of nitrogens with zero attached hydrogens (tertiary/aromatic N) is 3. The fourth-order valence-electron chi connectivity index (χ4n) is 2.77. The van der Waals surface area contributed by atoms with Crippen molar-refractivity contribution in [3.8, 4) is 0 Å². The van der Waals surface area contributed by atoms with E-state index in [2.05, 4.69) is 14.9 Å². The number of hydrogen-bond acceptors (Lipinski definition) is 4. The van der Waals surface area contributed by atoms with Gasteiger partial charge in [0, 0.05) is 35.6 Å². The van der Waals surface area contributed by atoms with Crippen molar-refractivity contribution in [3.63, 3.8) is 0 Å². The maximum atomic E-state index is 10.9. The van der Waals surface area contributed by atoms with Crippen molar-refractivity contribution in [1.82, 2.24) is 9.97 Å². The second kappa shape index (κ2) is 5.62. The van der Waals surface area contributed by atoms with Crippen LogP contribution in [0.25, 0.3) is 0 Å². The molecule has 0 bridgehead atoms. The molecule has 0 atom stereocenters. The van der Waals surface area contributed by atoms with Crippen molar-refractivity contribution in [2.24, 2.45) is 0 Å². The third-order valence-corrected chi connectivity index (χ3v) is 4.36. The number of halogens is 1. The molecule has 1 saturated heterocycles. The lowest BCUT2D eigenvalue weighted by Gasteiger charge is -2.38. The van der Waals surface area contributed by atoms with E-state index in [-0.39, 0.29) is 0 Å². The first kappa shape index (κ1) is 14.3. The van der Waals surface area contributed by atoms with E-state index in [1.165, 1.54) is 0 Å². The standard InChI is InChI=1S/C16H18ClN3O/c1-12-6-9-18-15(19-12)20-10-7-16(21,8-11-20)13-4-2-3-5-14(13)17/h2-6,9,21H,7-8,10-11H2,1H3. The Hall–Kier alpha value is -1.65. The molecule has 0 radical (unpaired) electrons. The van der Waals surface area contributed by atoms with Crippen LogP contribution in [-0.2, 0) is 5.60 Å². The third-order valence-electron chi connectivity index (χ3n) is 4.03. The minimum Gasteiger partial charge on any atom is -0.385 e. The number of anilines is 1. The average molecular weight is 304 g/mol. The van der Waals surface area contributed by atoms with Crippen LogP contribution < -0.4 is 4.90 Å². The second-order valence-corrected chi connectivity index (χ2v) is 5.90. The molecule has 1 aromatic carbocycles. The molecule has 3 rings (SSSR count). The van der Waals surface area contributed by atoms with Crippen LogP contribution in [0, 0.1) is 6.92 Å². The number of aryl methyl sites for hydroxylation is 1. The number of piperidine rings is 1. The minimum absolute atomic E-state index is 0.619. The molecule has 0 spiro atoms. The summed E-state index contributed by atoms with van der Waals surface area (Å²) < 4.78 is 0. The monoisotopic (exact) mass is 303 g/mol. The van der Waals surface area contributed by atoms with Crippen molar-refractivity contribution < 1.29 is 5.11 Å². The Morgan fingerprint density at radius 1 is 1.19 bits per heavy atom. The zero-order valence-electron chi connectivity index (χ0n) is 12.0. The Balaban J connectivity index is 1.77. The van der Waals surface area contributed by atoms with Gasteiger partial charge in [-0.1, -0.05) is 29.8 Å². The summed E-state index contributed by atoms with van der Waals surface area (Å²) in [6.07, 6.45) is 3.01. The number of aliphatic hydroxyl groups is 1. The fraction of sp³-hybridized carbons (Fsp3) is 0.375. The van der Waals surface area contributed by atoms with Gasteiger partial charge in [-0.3, -0.25) is 0 Å². The molecule has 0 aliphatic carbocycles. The number of hydrogen-bond donors (Lipinski definition) is 1. The summed E-state index contributed by atoms with van der Waals surface area (Å²) in [4.78, 5) is 10.9. The molecule has 0 unspecified atom stereocenters. The molecule has 1 aliphatic heterocycles. The van der Waals surface area contributed by atoms with Crippen molar-refractivity contribution in [2.45, 2.75) is 25.4 Å². The van der Waals surface area contributed by atoms with Gasteiger partial charge in [-0.05, 0) is 31.9 Å². The third kappa shape index (κ3) is 2.87. The van der Waals surface area contributed by atoms with Crippen LogP contribution in [0.1, 0.15) is 24.1 Å². The first-order valence-electron chi connectivity index (χ1n) is 7.10. The normalized spacial score (nSPS) is 17.8. The summed E-state index contributed by atoms with van der Waals surface area (Å²) in [5, 5.41) is 11.5. The quantitative estimate of drug-likeness (QED) is 0.927. The molecule has 2 heterocycles. The van der Waals surface area contributed by atoms with Gasteiger partial charge in [-0.2, -0.15) is 0 Å². The van der Waals surface area contributed by atoms with Gasteiger partial charge in [0.05, 0.1) is 5.60 Å². The summed E-state index contributed by atoms with van der Waals surface area (Å²) in [6, 6.07) is 9.40. The van der Waals surface area contributed by atoms with E-state index in [4.69, 9.17) is 11.6 Å². The molecule has 21 heavy (non-hydrogen) atoms. The molecule has 1 aromatic heterocycles. The Kier molecular flexibility index (Phi) is 3.83. The fourth-order valence-corrected chi connectivity index (χ4v) is 3.08. The van der Waals surface area contributed by atoms with E-state index in [0.717, 1.165) is 17.2 Å². The van der Waals surface area contributed by atoms with Gasteiger partial charge in [-0.15, -0.1) is 0 Å². The van der Waals surface area contributed by atoms with Crippen LogP contribution in [-0.4, -0.2) is 28.2 Å². The zero-order chi connectivity index (χ0) is 14.9. The van der Waals surface area contributed by atoms with Crippen LogP contribution in [0.2, 0.25) is 5.02 Å². The molecule has 1 N–H and O–H groups in total. The van der Waals surface area contributed by atoms with Crippen LogP contribution in [0.4, 0.5) is 5.95 Å². The molecule has 0 amide bonds. The molecule has 0 saturated carbocycles. The van der Waals surface area contributed by atoms with Gasteiger partial charge in [0.2, 0.25) is 5.95 Å². The van der Waals surface area contributed by atoms with E-state index < -0.39 is 5.60 Å². The zero-order valence-corrected chi connectivity index (χ0v) is 12.7. The average Bonchev–Trinajstić information content (AvgIpc) is 2.48. The number of aromatic nitrogens is 2. The van der Waals surface area contributed by atoms with Crippen LogP contribution in [0.15, 0.2) is 36.5 Å². The lowest BCUT2D eigenvalue weighted by Crippen LogP contribution is -2.43. The largest absolute Gasteiger partial charge is 0.385 e. The van der Waals surface area contributed by atoms with E-state index in [1.54, 1.807) is 6.20 Å². The predicted molar refractivity (Wildman–Crippen MR) is 83.6 cm³/mol. The van der Waals surface area contributed by atoms with E-state index in [9.17, 15) is 5.11 Å². The van der Waals surface area contributed by atoms with Gasteiger partial charge < -0.3 is 10.0 Å². The van der Waals surface area contributed by atoms with Crippen molar-refractivity contribution in [1.29, 1.82) is 0 Å². The van der Waals surface area contributed by atoms with E-state index in [1.807, 2.05) is 37.3 Å². The first-order valence-corrected chi connectivity index (χ1v) is 7.48. The minimum atomic E-state index is -0.862. The maximum Gasteiger partial charge on any atom is 0.225 e. The summed E-state index contributed by atoms with van der Waals surface area (Å²) in [6.45, 7) is 3.38. The van der Waals surface area contributed by atoms with Gasteiger partial charge in [0.25, 0.3) is 0 Å². The topological polar surface area (TPSA) is 49.2 Å². The Morgan fingerprint density at radius 3 is 2.57 bits per heavy atom. The van der Waals surface area contributed by atoms with Gasteiger partial charge in [0.1, 0.15) is 0 Å². The van der Waals surface area contributed by atoms with Crippen LogP contribution in [0.5, 0.6) is 0 Å². The van der Waals surface area contributed by atoms with Gasteiger partial charge in [-0.25, -0.2) is 9.97 Å². The molecule has 5 heteroatoms. The van der Waals surface area contributed by atoms with Crippen molar-refractivity contribution in [2.75, 3.05) is 18.0 Å². The molecule has 1 aliphatic rings. The lowest BCUT2D eigenvalue weighted by atomic mass is 9.84. The molecule has 1 fully saturated rings. The van der Waals surface area contributed by atoms with Crippen molar-refractivity contribution >= 4 is 17.5 Å². The molecular weight excluding hydrogens is 286 g/mol. The Bertz CT molecular complexity index is 639. The second-order valence-electron chi connectivity index (χ2n) is 5.50. The van der Waals surface area contributed by atoms with Crippen molar-refractivity contribution in [3.05, 3.63) is 52.8 Å². The maximum absolute atomic E-state index is 10.9. The lowest BCUT2D eigenvalue weighted by molar-refractivity contribution is 0.0116. The number of rotatable bonds is 2. The van der Waals surface area contributed by atoms with E-state index >= 15 is 0 Å². The highest BCUT2D eigenvalue weighted by molar-refractivity contribution is 6.31. The molecule has 2 aromatic rings. The summed E-state index contributed by atoms with van der Waals surface area (Å²) >= 11 is 6.22. The highest BCUT2D eigenvalue weighted by Crippen LogP contribution is 2.37. The Labute approximate surface area is 129 Å². The van der Waals surface area contributed by atoms with Gasteiger partial charge in [0.15, 0.2) is 0 Å². The first-order chi connectivity index (χ1) is 10.1. The SMILES string of the molecule is Cc1ccnc(N2CCC(O)(c3ccccc3Cl)CC2)n1. The molecule has 110 valence electrons. The smallest absolute Gasteiger partial charge is 0.225 e. The summed E-state index contributed by atoms with van der Waals surface area (Å²) in [7, 11) is 0. The summed E-state index contributed by atoms with van der Waals surface area (Å²) in [5.41, 5.74) is 0.905. The number of benzene rings is 1. The van der Waals surface area contributed by atoms with Crippen LogP contribution >= 0.6 is 11.6 Å².